The Morgan fingerprint density at radius 1 is 1.35 bits per heavy atom. The number of para-hydroxylation sites is 1. The molecule has 1 aromatic carbocycles. The minimum absolute atomic E-state index is 0.0154. The number of amides is 1. The smallest absolute Gasteiger partial charge is 0.270 e. The molecule has 0 atom stereocenters. The van der Waals surface area contributed by atoms with E-state index in [1.54, 1.807) is 0 Å². The third kappa shape index (κ3) is 3.18. The average molecular weight is 372 g/mol. The summed E-state index contributed by atoms with van der Waals surface area (Å²) >= 11 is 1.47. The molecule has 0 saturated heterocycles. The molecule has 0 spiro atoms. The van der Waals surface area contributed by atoms with Gasteiger partial charge in [0.05, 0.1) is 31.5 Å². The molecule has 1 aliphatic heterocycles. The summed E-state index contributed by atoms with van der Waals surface area (Å²) in [6, 6.07) is 9.30. The number of carbonyl (C=O) groups is 1. The minimum atomic E-state index is -0.424. The van der Waals surface area contributed by atoms with Crippen LogP contribution in [0.15, 0.2) is 30.3 Å². The van der Waals surface area contributed by atoms with Crippen LogP contribution in [-0.2, 0) is 13.0 Å². The van der Waals surface area contributed by atoms with Gasteiger partial charge >= 0.3 is 0 Å². The lowest BCUT2D eigenvalue weighted by atomic mass is 10.1. The molecule has 0 bridgehead atoms. The van der Waals surface area contributed by atoms with Crippen LogP contribution in [0.4, 0.5) is 5.13 Å². The molecule has 0 fully saturated rings. The van der Waals surface area contributed by atoms with Crippen molar-refractivity contribution in [3.63, 3.8) is 0 Å². The maximum atomic E-state index is 12.9. The fourth-order valence-corrected chi connectivity index (χ4v) is 4.21. The number of nitrogens with zero attached hydrogens (tertiary/aromatic N) is 2. The van der Waals surface area contributed by atoms with E-state index in [0.717, 1.165) is 21.5 Å². The molecule has 3 aromatic rings. The van der Waals surface area contributed by atoms with Gasteiger partial charge in [0, 0.05) is 28.7 Å². The number of H-pyrrole nitrogens is 1. The lowest BCUT2D eigenvalue weighted by Gasteiger charge is -2.25. The predicted octanol–water partition coefficient (Wildman–Crippen LogP) is 1.59. The number of hydrogen-bond acceptors (Lipinski definition) is 6. The normalized spacial score (nSPS) is 14.0. The highest BCUT2D eigenvalue weighted by molar-refractivity contribution is 7.15. The third-order valence-corrected chi connectivity index (χ3v) is 5.56. The number of aromatic amines is 1. The van der Waals surface area contributed by atoms with Crippen molar-refractivity contribution in [1.82, 2.24) is 14.9 Å². The SMILES string of the molecule is O=C(c1cc2ccccc2[nH]1)N1CCc2nc(NC(CO)CO)sc2C1. The van der Waals surface area contributed by atoms with Crippen molar-refractivity contribution < 1.29 is 15.0 Å². The Kier molecular flexibility index (Phi) is 4.62. The molecule has 7 nitrogen and oxygen atoms in total. The van der Waals surface area contributed by atoms with Crippen molar-refractivity contribution in [2.75, 3.05) is 25.1 Å². The predicted molar refractivity (Wildman–Crippen MR) is 100 cm³/mol. The van der Waals surface area contributed by atoms with Crippen molar-refractivity contribution >= 4 is 33.3 Å². The van der Waals surface area contributed by atoms with Gasteiger partial charge in [-0.15, -0.1) is 0 Å². The van der Waals surface area contributed by atoms with Gasteiger partial charge in [0.15, 0.2) is 5.13 Å². The summed E-state index contributed by atoms with van der Waals surface area (Å²) < 4.78 is 0. The Bertz CT molecular complexity index is 899. The van der Waals surface area contributed by atoms with Crippen LogP contribution in [0.2, 0.25) is 0 Å². The topological polar surface area (TPSA) is 101 Å². The fraction of sp³-hybridized carbons (Fsp3) is 0.333. The highest BCUT2D eigenvalue weighted by Crippen LogP contribution is 2.29. The van der Waals surface area contributed by atoms with E-state index >= 15 is 0 Å². The molecule has 8 heteroatoms. The second-order valence-electron chi connectivity index (χ2n) is 6.34. The summed E-state index contributed by atoms with van der Waals surface area (Å²) in [5, 5.41) is 23.1. The van der Waals surface area contributed by atoms with Crippen LogP contribution < -0.4 is 5.32 Å². The van der Waals surface area contributed by atoms with Gasteiger partial charge in [0.1, 0.15) is 5.69 Å². The van der Waals surface area contributed by atoms with Gasteiger partial charge in [-0.25, -0.2) is 4.98 Å². The lowest BCUT2D eigenvalue weighted by molar-refractivity contribution is 0.0731. The molecule has 4 rings (SSSR count). The molecule has 1 amide bonds. The highest BCUT2D eigenvalue weighted by atomic mass is 32.1. The van der Waals surface area contributed by atoms with Crippen LogP contribution in [0, 0.1) is 0 Å². The van der Waals surface area contributed by atoms with E-state index in [2.05, 4.69) is 15.3 Å². The number of fused-ring (bicyclic) bond motifs is 2. The van der Waals surface area contributed by atoms with Gasteiger partial charge in [-0.2, -0.15) is 0 Å². The second-order valence-corrected chi connectivity index (χ2v) is 7.43. The number of thiazole rings is 1. The zero-order valence-corrected chi connectivity index (χ0v) is 14.9. The molecule has 26 heavy (non-hydrogen) atoms. The summed E-state index contributed by atoms with van der Waals surface area (Å²) in [5.74, 6) is -0.0154. The molecule has 136 valence electrons. The summed E-state index contributed by atoms with van der Waals surface area (Å²) in [4.78, 5) is 23.4. The van der Waals surface area contributed by atoms with E-state index in [0.29, 0.717) is 30.3 Å². The van der Waals surface area contributed by atoms with E-state index in [9.17, 15) is 15.0 Å². The number of hydrogen-bond donors (Lipinski definition) is 4. The van der Waals surface area contributed by atoms with Gasteiger partial charge in [-0.3, -0.25) is 4.79 Å². The molecule has 0 saturated carbocycles. The van der Waals surface area contributed by atoms with Crippen LogP contribution in [-0.4, -0.2) is 56.8 Å². The quantitative estimate of drug-likeness (QED) is 0.545. The number of nitrogens with one attached hydrogen (secondary N) is 2. The molecule has 2 aromatic heterocycles. The fourth-order valence-electron chi connectivity index (χ4n) is 3.11. The molecule has 4 N–H and O–H groups in total. The number of anilines is 1. The van der Waals surface area contributed by atoms with E-state index in [1.807, 2.05) is 35.2 Å². The van der Waals surface area contributed by atoms with Crippen LogP contribution in [0.1, 0.15) is 21.1 Å². The largest absolute Gasteiger partial charge is 0.394 e. The Hall–Kier alpha value is -2.42. The van der Waals surface area contributed by atoms with Crippen LogP contribution in [0.5, 0.6) is 0 Å². The van der Waals surface area contributed by atoms with Crippen LogP contribution in [0.25, 0.3) is 10.9 Å². The average Bonchev–Trinajstić information content (AvgIpc) is 3.28. The molecule has 0 unspecified atom stereocenters. The Morgan fingerprint density at radius 3 is 2.92 bits per heavy atom. The van der Waals surface area contributed by atoms with E-state index < -0.39 is 6.04 Å². The van der Waals surface area contributed by atoms with Gasteiger partial charge in [-0.05, 0) is 12.1 Å². The maximum Gasteiger partial charge on any atom is 0.270 e. The molecular formula is C18H20N4O3S. The van der Waals surface area contributed by atoms with E-state index in [-0.39, 0.29) is 19.1 Å². The standard InChI is InChI=1S/C18H20N4O3S/c23-9-12(10-24)19-18-21-14-5-6-22(8-16(14)26-18)17(25)15-7-11-3-1-2-4-13(11)20-15/h1-4,7,12,20,23-24H,5-6,8-10H2,(H,19,21). The summed E-state index contributed by atoms with van der Waals surface area (Å²) in [5.41, 5.74) is 2.53. The number of aliphatic hydroxyl groups excluding tert-OH is 2. The molecular weight excluding hydrogens is 352 g/mol. The number of aromatic nitrogens is 2. The monoisotopic (exact) mass is 372 g/mol. The molecule has 1 aliphatic rings. The summed E-state index contributed by atoms with van der Waals surface area (Å²) in [6.07, 6.45) is 0.697. The van der Waals surface area contributed by atoms with Crippen molar-refractivity contribution in [3.05, 3.63) is 46.6 Å². The first-order chi connectivity index (χ1) is 12.7. The van der Waals surface area contributed by atoms with E-state index in [4.69, 9.17) is 0 Å². The highest BCUT2D eigenvalue weighted by Gasteiger charge is 2.26. The Balaban J connectivity index is 1.50. The zero-order chi connectivity index (χ0) is 18.1. The van der Waals surface area contributed by atoms with Crippen molar-refractivity contribution in [2.45, 2.75) is 19.0 Å². The third-order valence-electron chi connectivity index (χ3n) is 4.55. The van der Waals surface area contributed by atoms with E-state index in [1.165, 1.54) is 11.3 Å². The number of aliphatic hydroxyl groups is 2. The molecule has 3 heterocycles. The summed E-state index contributed by atoms with van der Waals surface area (Å²) in [7, 11) is 0. The van der Waals surface area contributed by atoms with Gasteiger partial charge in [0.25, 0.3) is 5.91 Å². The maximum absolute atomic E-state index is 12.9. The molecule has 0 aliphatic carbocycles. The van der Waals surface area contributed by atoms with Gasteiger partial charge < -0.3 is 25.4 Å². The van der Waals surface area contributed by atoms with Crippen molar-refractivity contribution in [2.24, 2.45) is 0 Å². The Morgan fingerprint density at radius 2 is 2.15 bits per heavy atom. The zero-order valence-electron chi connectivity index (χ0n) is 14.1. The first kappa shape index (κ1) is 17.0. The number of benzene rings is 1. The van der Waals surface area contributed by atoms with Crippen molar-refractivity contribution in [1.29, 1.82) is 0 Å². The van der Waals surface area contributed by atoms with Crippen molar-refractivity contribution in [3.8, 4) is 0 Å². The Labute approximate surface area is 154 Å². The minimum Gasteiger partial charge on any atom is -0.394 e. The van der Waals surface area contributed by atoms with Gasteiger partial charge in [0.2, 0.25) is 0 Å². The first-order valence-electron chi connectivity index (χ1n) is 8.52. The number of carbonyl (C=O) groups excluding carboxylic acids is 1. The number of rotatable bonds is 5. The molecule has 0 radical (unpaired) electrons. The summed E-state index contributed by atoms with van der Waals surface area (Å²) in [6.45, 7) is 0.817. The lowest BCUT2D eigenvalue weighted by Crippen LogP contribution is -2.35. The van der Waals surface area contributed by atoms with Gasteiger partial charge in [-0.1, -0.05) is 29.5 Å². The second kappa shape index (κ2) is 7.06. The first-order valence-corrected chi connectivity index (χ1v) is 9.33. The van der Waals surface area contributed by atoms with Crippen LogP contribution in [0.3, 0.4) is 0 Å². The van der Waals surface area contributed by atoms with Crippen LogP contribution >= 0.6 is 11.3 Å².